The normalized spacial score (nSPS) is 15.9. The Hall–Kier alpha value is -2.47. The molecule has 0 aromatic heterocycles. The predicted molar refractivity (Wildman–Crippen MR) is 88.2 cm³/mol. The zero-order valence-electron chi connectivity index (χ0n) is 12.7. The van der Waals surface area contributed by atoms with Gasteiger partial charge in [-0.25, -0.2) is 0 Å². The van der Waals surface area contributed by atoms with Crippen LogP contribution in [0.3, 0.4) is 0 Å². The summed E-state index contributed by atoms with van der Waals surface area (Å²) in [6.07, 6.45) is 0. The van der Waals surface area contributed by atoms with Gasteiger partial charge in [0.15, 0.2) is 11.5 Å². The number of rotatable bonds is 4. The SMILES string of the molecule is COc1ccc(NC(=O)C2C(=O)Sc3ccccc32)cc1OC. The average Bonchev–Trinajstić information content (AvgIpc) is 2.90. The van der Waals surface area contributed by atoms with Crippen molar-refractivity contribution >= 4 is 28.5 Å². The molecule has 1 aliphatic heterocycles. The summed E-state index contributed by atoms with van der Waals surface area (Å²) in [5, 5.41) is 2.61. The second-order valence-corrected chi connectivity index (χ2v) is 6.00. The van der Waals surface area contributed by atoms with E-state index >= 15 is 0 Å². The number of carbonyl (C=O) groups excluding carboxylic acids is 2. The molecule has 3 rings (SSSR count). The highest BCUT2D eigenvalue weighted by atomic mass is 32.2. The molecule has 1 unspecified atom stereocenters. The number of nitrogens with one attached hydrogen (secondary N) is 1. The number of ether oxygens (including phenoxy) is 2. The van der Waals surface area contributed by atoms with Gasteiger partial charge in [-0.2, -0.15) is 0 Å². The van der Waals surface area contributed by atoms with Gasteiger partial charge in [0.05, 0.1) is 14.2 Å². The van der Waals surface area contributed by atoms with E-state index in [2.05, 4.69) is 5.32 Å². The Morgan fingerprint density at radius 2 is 1.83 bits per heavy atom. The van der Waals surface area contributed by atoms with E-state index in [9.17, 15) is 9.59 Å². The highest BCUT2D eigenvalue weighted by molar-refractivity contribution is 8.14. The molecule has 0 saturated heterocycles. The highest BCUT2D eigenvalue weighted by Crippen LogP contribution is 2.41. The zero-order chi connectivity index (χ0) is 16.4. The molecule has 2 aromatic carbocycles. The Balaban J connectivity index is 1.84. The molecular formula is C17H15NO4S. The molecule has 1 atom stereocenters. The molecule has 118 valence electrons. The van der Waals surface area contributed by atoms with Gasteiger partial charge in [0, 0.05) is 16.6 Å². The highest BCUT2D eigenvalue weighted by Gasteiger charge is 2.37. The lowest BCUT2D eigenvalue weighted by atomic mass is 10.00. The second-order valence-electron chi connectivity index (χ2n) is 4.95. The van der Waals surface area contributed by atoms with Gasteiger partial charge in [0.2, 0.25) is 11.0 Å². The number of carbonyl (C=O) groups is 2. The predicted octanol–water partition coefficient (Wildman–Crippen LogP) is 3.06. The quantitative estimate of drug-likeness (QED) is 0.874. The van der Waals surface area contributed by atoms with E-state index in [1.165, 1.54) is 7.11 Å². The van der Waals surface area contributed by atoms with Crippen LogP contribution in [0.1, 0.15) is 11.5 Å². The van der Waals surface area contributed by atoms with E-state index in [4.69, 9.17) is 9.47 Å². The van der Waals surface area contributed by atoms with E-state index in [0.29, 0.717) is 17.2 Å². The molecule has 1 amide bonds. The third kappa shape index (κ3) is 2.90. The number of thioether (sulfide) groups is 1. The summed E-state index contributed by atoms with van der Waals surface area (Å²) in [6, 6.07) is 12.4. The number of hydrogen-bond donors (Lipinski definition) is 1. The summed E-state index contributed by atoms with van der Waals surface area (Å²) >= 11 is 1.11. The number of methoxy groups -OCH3 is 2. The molecule has 0 spiro atoms. The minimum Gasteiger partial charge on any atom is -0.493 e. The lowest BCUT2D eigenvalue weighted by molar-refractivity contribution is -0.123. The van der Waals surface area contributed by atoms with E-state index < -0.39 is 5.92 Å². The summed E-state index contributed by atoms with van der Waals surface area (Å²) in [6.45, 7) is 0. The topological polar surface area (TPSA) is 64.6 Å². The molecule has 1 N–H and O–H groups in total. The van der Waals surface area contributed by atoms with Crippen molar-refractivity contribution in [2.75, 3.05) is 19.5 Å². The Labute approximate surface area is 138 Å². The Bertz CT molecular complexity index is 775. The van der Waals surface area contributed by atoms with Gasteiger partial charge in [-0.1, -0.05) is 30.0 Å². The molecule has 1 heterocycles. The van der Waals surface area contributed by atoms with Gasteiger partial charge in [-0.3, -0.25) is 9.59 Å². The lowest BCUT2D eigenvalue weighted by Crippen LogP contribution is -2.23. The van der Waals surface area contributed by atoms with E-state index in [-0.39, 0.29) is 11.0 Å². The van der Waals surface area contributed by atoms with E-state index in [1.807, 2.05) is 24.3 Å². The molecule has 5 nitrogen and oxygen atoms in total. The smallest absolute Gasteiger partial charge is 0.240 e. The molecule has 6 heteroatoms. The summed E-state index contributed by atoms with van der Waals surface area (Å²) in [4.78, 5) is 25.5. The van der Waals surface area contributed by atoms with Gasteiger partial charge >= 0.3 is 0 Å². The third-order valence-corrected chi connectivity index (χ3v) is 4.62. The Morgan fingerprint density at radius 3 is 2.57 bits per heavy atom. The molecule has 0 aliphatic carbocycles. The number of anilines is 1. The molecule has 0 fully saturated rings. The van der Waals surface area contributed by atoms with Gasteiger partial charge in [-0.15, -0.1) is 0 Å². The van der Waals surface area contributed by atoms with Crippen molar-refractivity contribution in [3.63, 3.8) is 0 Å². The zero-order valence-corrected chi connectivity index (χ0v) is 13.5. The minimum absolute atomic E-state index is 0.163. The minimum atomic E-state index is -0.788. The van der Waals surface area contributed by atoms with Gasteiger partial charge in [0.25, 0.3) is 0 Å². The largest absolute Gasteiger partial charge is 0.493 e. The first-order valence-corrected chi connectivity index (χ1v) is 7.79. The van der Waals surface area contributed by atoms with Gasteiger partial charge < -0.3 is 14.8 Å². The van der Waals surface area contributed by atoms with Crippen LogP contribution in [-0.4, -0.2) is 25.2 Å². The second kappa shape index (κ2) is 6.34. The lowest BCUT2D eigenvalue weighted by Gasteiger charge is -2.13. The first-order chi connectivity index (χ1) is 11.1. The van der Waals surface area contributed by atoms with Crippen LogP contribution in [0.25, 0.3) is 0 Å². The fourth-order valence-electron chi connectivity index (χ4n) is 2.48. The standard InChI is InChI=1S/C17H15NO4S/c1-21-12-8-7-10(9-13(12)22-2)18-16(19)15-11-5-3-4-6-14(11)23-17(15)20/h3-9,15H,1-2H3,(H,18,19). The molecule has 23 heavy (non-hydrogen) atoms. The van der Waals surface area contributed by atoms with Crippen molar-refractivity contribution in [1.82, 2.24) is 0 Å². The molecule has 0 saturated carbocycles. The molecule has 1 aliphatic rings. The van der Waals surface area contributed by atoms with Crippen LogP contribution >= 0.6 is 11.8 Å². The number of fused-ring (bicyclic) bond motifs is 1. The molecule has 0 bridgehead atoms. The maximum absolute atomic E-state index is 12.5. The number of benzene rings is 2. The van der Waals surface area contributed by atoms with E-state index in [0.717, 1.165) is 22.2 Å². The van der Waals surface area contributed by atoms with E-state index in [1.54, 1.807) is 25.3 Å². The van der Waals surface area contributed by atoms with Crippen molar-refractivity contribution < 1.29 is 19.1 Å². The fraction of sp³-hybridized carbons (Fsp3) is 0.176. The number of hydrogen-bond acceptors (Lipinski definition) is 5. The summed E-state index contributed by atoms with van der Waals surface area (Å²) < 4.78 is 10.4. The average molecular weight is 329 g/mol. The fourth-order valence-corrected chi connectivity index (χ4v) is 3.50. The summed E-state index contributed by atoms with van der Waals surface area (Å²) in [5.74, 6) is -0.0508. The maximum atomic E-state index is 12.5. The van der Waals surface area contributed by atoms with Crippen molar-refractivity contribution in [3.05, 3.63) is 48.0 Å². The van der Waals surface area contributed by atoms with Crippen LogP contribution in [0.4, 0.5) is 5.69 Å². The first-order valence-electron chi connectivity index (χ1n) is 6.97. The van der Waals surface area contributed by atoms with Crippen molar-refractivity contribution in [1.29, 1.82) is 0 Å². The Kier molecular flexibility index (Phi) is 4.25. The van der Waals surface area contributed by atoms with Crippen molar-refractivity contribution in [2.24, 2.45) is 0 Å². The number of amides is 1. The monoisotopic (exact) mass is 329 g/mol. The summed E-state index contributed by atoms with van der Waals surface area (Å²) in [5.41, 5.74) is 1.30. The Morgan fingerprint density at radius 1 is 1.09 bits per heavy atom. The van der Waals surface area contributed by atoms with Crippen LogP contribution in [0.2, 0.25) is 0 Å². The van der Waals surface area contributed by atoms with Gasteiger partial charge in [-0.05, 0) is 23.8 Å². The third-order valence-electron chi connectivity index (χ3n) is 3.59. The van der Waals surface area contributed by atoms with Crippen LogP contribution in [0.15, 0.2) is 47.4 Å². The van der Waals surface area contributed by atoms with Crippen LogP contribution < -0.4 is 14.8 Å². The molecular weight excluding hydrogens is 314 g/mol. The van der Waals surface area contributed by atoms with Crippen molar-refractivity contribution in [2.45, 2.75) is 10.8 Å². The molecule has 2 aromatic rings. The summed E-state index contributed by atoms with van der Waals surface area (Å²) in [7, 11) is 3.07. The maximum Gasteiger partial charge on any atom is 0.240 e. The molecule has 0 radical (unpaired) electrons. The van der Waals surface area contributed by atoms with Crippen LogP contribution in [-0.2, 0) is 9.59 Å². The van der Waals surface area contributed by atoms with Crippen molar-refractivity contribution in [3.8, 4) is 11.5 Å². The first kappa shape index (κ1) is 15.4. The van der Waals surface area contributed by atoms with Crippen LogP contribution in [0.5, 0.6) is 11.5 Å². The van der Waals surface area contributed by atoms with Crippen LogP contribution in [0, 0.1) is 0 Å². The van der Waals surface area contributed by atoms with Gasteiger partial charge in [0.1, 0.15) is 5.92 Å².